The molecule has 1 aromatic heterocycles. The number of carbonyl (C=O) groups is 3. The van der Waals surface area contributed by atoms with Crippen molar-refractivity contribution in [3.63, 3.8) is 0 Å². The Morgan fingerprint density at radius 2 is 1.64 bits per heavy atom. The molecular weight excluding hydrogens is 434 g/mol. The number of carbonyl (C=O) groups excluding carboxylic acids is 3. The molecule has 33 heavy (non-hydrogen) atoms. The third-order valence-electron chi connectivity index (χ3n) is 5.33. The van der Waals surface area contributed by atoms with Gasteiger partial charge in [-0.1, -0.05) is 54.1 Å². The van der Waals surface area contributed by atoms with Gasteiger partial charge in [0.15, 0.2) is 0 Å². The summed E-state index contributed by atoms with van der Waals surface area (Å²) in [7, 11) is 1.58. The first kappa shape index (κ1) is 24.2. The predicted molar refractivity (Wildman–Crippen MR) is 133 cm³/mol. The summed E-state index contributed by atoms with van der Waals surface area (Å²) in [6.45, 7) is 5.78. The number of nitrogens with zero attached hydrogens (tertiary/aromatic N) is 1. The molecule has 7 heteroatoms. The van der Waals surface area contributed by atoms with E-state index in [0.29, 0.717) is 11.3 Å². The molecule has 1 unspecified atom stereocenters. The molecule has 0 aliphatic carbocycles. The molecule has 1 heterocycles. The molecule has 0 fully saturated rings. The van der Waals surface area contributed by atoms with Gasteiger partial charge in [0.2, 0.25) is 11.8 Å². The maximum atomic E-state index is 13.3. The van der Waals surface area contributed by atoms with Crippen molar-refractivity contribution < 1.29 is 14.4 Å². The van der Waals surface area contributed by atoms with Crippen molar-refractivity contribution >= 4 is 34.7 Å². The third kappa shape index (κ3) is 6.52. The topological polar surface area (TPSA) is 78.5 Å². The van der Waals surface area contributed by atoms with Gasteiger partial charge in [-0.05, 0) is 48.9 Å². The maximum absolute atomic E-state index is 13.3. The van der Waals surface area contributed by atoms with E-state index in [2.05, 4.69) is 10.6 Å². The second-order valence-corrected chi connectivity index (χ2v) is 9.16. The lowest BCUT2D eigenvalue weighted by Crippen LogP contribution is -2.50. The number of anilines is 1. The summed E-state index contributed by atoms with van der Waals surface area (Å²) in [6, 6.07) is 16.2. The van der Waals surface area contributed by atoms with Crippen LogP contribution in [0.5, 0.6) is 0 Å². The lowest BCUT2D eigenvalue weighted by molar-refractivity contribution is -0.135. The van der Waals surface area contributed by atoms with E-state index >= 15 is 0 Å². The first-order valence-electron chi connectivity index (χ1n) is 10.8. The largest absolute Gasteiger partial charge is 0.339 e. The molecule has 0 aliphatic rings. The quantitative estimate of drug-likeness (QED) is 0.528. The Hall–Kier alpha value is -3.45. The van der Waals surface area contributed by atoms with Gasteiger partial charge in [-0.15, -0.1) is 11.3 Å². The Morgan fingerprint density at radius 1 is 0.970 bits per heavy atom. The molecule has 0 saturated heterocycles. The molecule has 6 nitrogen and oxygen atoms in total. The number of benzene rings is 2. The summed E-state index contributed by atoms with van der Waals surface area (Å²) in [5.41, 5.74) is 4.75. The Kier molecular flexibility index (Phi) is 8.01. The van der Waals surface area contributed by atoms with Crippen molar-refractivity contribution in [2.45, 2.75) is 33.2 Å². The highest BCUT2D eigenvalue weighted by molar-refractivity contribution is 7.12. The maximum Gasteiger partial charge on any atom is 0.262 e. The van der Waals surface area contributed by atoms with E-state index in [1.54, 1.807) is 19.2 Å². The van der Waals surface area contributed by atoms with Crippen LogP contribution in [0.25, 0.3) is 0 Å². The van der Waals surface area contributed by atoms with Crippen LogP contribution in [0.1, 0.15) is 31.9 Å². The van der Waals surface area contributed by atoms with Gasteiger partial charge in [-0.25, -0.2) is 0 Å². The van der Waals surface area contributed by atoms with E-state index in [1.807, 2.05) is 68.6 Å². The van der Waals surface area contributed by atoms with Crippen LogP contribution in [0.2, 0.25) is 0 Å². The van der Waals surface area contributed by atoms with E-state index in [4.69, 9.17) is 0 Å². The summed E-state index contributed by atoms with van der Waals surface area (Å²) >= 11 is 1.31. The number of likely N-dealkylation sites (N-methyl/N-ethyl adjacent to an activating group) is 1. The van der Waals surface area contributed by atoms with E-state index in [0.717, 1.165) is 27.9 Å². The van der Waals surface area contributed by atoms with Crippen LogP contribution >= 0.6 is 11.3 Å². The zero-order valence-electron chi connectivity index (χ0n) is 19.3. The highest BCUT2D eigenvalue weighted by Crippen LogP contribution is 2.22. The van der Waals surface area contributed by atoms with Gasteiger partial charge >= 0.3 is 0 Å². The van der Waals surface area contributed by atoms with E-state index in [-0.39, 0.29) is 24.3 Å². The number of amides is 3. The number of thiophene rings is 1. The Labute approximate surface area is 198 Å². The fourth-order valence-electron chi connectivity index (χ4n) is 3.80. The van der Waals surface area contributed by atoms with Gasteiger partial charge in [-0.2, -0.15) is 0 Å². The third-order valence-corrected chi connectivity index (χ3v) is 6.20. The SMILES string of the molecule is Cc1cc(C)c(NC(=O)CN(C)C(=O)C(Cc2ccccc2)NC(=O)c2cccs2)c(C)c1. The smallest absolute Gasteiger partial charge is 0.262 e. The van der Waals surface area contributed by atoms with Gasteiger partial charge in [0, 0.05) is 19.2 Å². The first-order valence-corrected chi connectivity index (χ1v) is 11.6. The fourth-order valence-corrected chi connectivity index (χ4v) is 4.43. The average Bonchev–Trinajstić information content (AvgIpc) is 3.31. The molecule has 1 atom stereocenters. The molecule has 0 radical (unpaired) electrons. The van der Waals surface area contributed by atoms with E-state index in [9.17, 15) is 14.4 Å². The number of hydrogen-bond acceptors (Lipinski definition) is 4. The fraction of sp³-hybridized carbons (Fsp3) is 0.269. The molecule has 2 aromatic carbocycles. The summed E-state index contributed by atoms with van der Waals surface area (Å²) < 4.78 is 0. The van der Waals surface area contributed by atoms with Crippen LogP contribution in [-0.2, 0) is 16.0 Å². The summed E-state index contributed by atoms with van der Waals surface area (Å²) in [5, 5.41) is 7.58. The minimum absolute atomic E-state index is 0.119. The molecule has 0 aliphatic heterocycles. The van der Waals surface area contributed by atoms with Gasteiger partial charge in [0.05, 0.1) is 11.4 Å². The van der Waals surface area contributed by atoms with Crippen molar-refractivity contribution in [1.82, 2.24) is 10.2 Å². The van der Waals surface area contributed by atoms with Gasteiger partial charge in [0.25, 0.3) is 5.91 Å². The second-order valence-electron chi connectivity index (χ2n) is 8.21. The lowest BCUT2D eigenvalue weighted by atomic mass is 10.0. The standard InChI is InChI=1S/C26H29N3O3S/c1-17-13-18(2)24(19(3)14-17)28-23(30)16-29(4)26(32)21(15-20-9-6-5-7-10-20)27-25(31)22-11-8-12-33-22/h5-14,21H,15-16H2,1-4H3,(H,27,31)(H,28,30). The zero-order chi connectivity index (χ0) is 24.0. The molecule has 0 saturated carbocycles. The van der Waals surface area contributed by atoms with Crippen LogP contribution in [0.15, 0.2) is 60.0 Å². The molecule has 3 aromatic rings. The zero-order valence-corrected chi connectivity index (χ0v) is 20.2. The first-order chi connectivity index (χ1) is 15.7. The lowest BCUT2D eigenvalue weighted by Gasteiger charge is -2.24. The number of rotatable bonds is 8. The van der Waals surface area contributed by atoms with E-state index < -0.39 is 6.04 Å². The number of nitrogens with one attached hydrogen (secondary N) is 2. The summed E-state index contributed by atoms with van der Waals surface area (Å²) in [5.74, 6) is -0.914. The highest BCUT2D eigenvalue weighted by Gasteiger charge is 2.26. The van der Waals surface area contributed by atoms with Crippen molar-refractivity contribution in [3.8, 4) is 0 Å². The number of hydrogen-bond donors (Lipinski definition) is 2. The minimum atomic E-state index is -0.789. The van der Waals surface area contributed by atoms with Gasteiger partial charge < -0.3 is 15.5 Å². The predicted octanol–water partition coefficient (Wildman–Crippen LogP) is 4.11. The molecule has 2 N–H and O–H groups in total. The molecular formula is C26H29N3O3S. The molecule has 3 rings (SSSR count). The summed E-state index contributed by atoms with van der Waals surface area (Å²) in [4.78, 5) is 40.5. The summed E-state index contributed by atoms with van der Waals surface area (Å²) in [6.07, 6.45) is 0.332. The molecule has 0 spiro atoms. The monoisotopic (exact) mass is 463 g/mol. The van der Waals surface area contributed by atoms with Crippen LogP contribution in [0.3, 0.4) is 0 Å². The van der Waals surface area contributed by atoms with Gasteiger partial charge in [0.1, 0.15) is 6.04 Å². The second kappa shape index (κ2) is 10.9. The Morgan fingerprint density at radius 3 is 2.24 bits per heavy atom. The van der Waals surface area contributed by atoms with Gasteiger partial charge in [-0.3, -0.25) is 14.4 Å². The van der Waals surface area contributed by atoms with Crippen molar-refractivity contribution in [3.05, 3.63) is 87.1 Å². The molecule has 3 amide bonds. The number of aryl methyl sites for hydroxylation is 3. The Bertz CT molecular complexity index is 1100. The molecule has 172 valence electrons. The van der Waals surface area contributed by atoms with Crippen LogP contribution in [-0.4, -0.2) is 42.3 Å². The normalized spacial score (nSPS) is 11.5. The van der Waals surface area contributed by atoms with Crippen LogP contribution in [0.4, 0.5) is 5.69 Å². The van der Waals surface area contributed by atoms with Crippen molar-refractivity contribution in [1.29, 1.82) is 0 Å². The minimum Gasteiger partial charge on any atom is -0.339 e. The van der Waals surface area contributed by atoms with Crippen molar-refractivity contribution in [2.75, 3.05) is 18.9 Å². The Balaban J connectivity index is 1.71. The van der Waals surface area contributed by atoms with E-state index in [1.165, 1.54) is 16.2 Å². The van der Waals surface area contributed by atoms with Crippen LogP contribution < -0.4 is 10.6 Å². The highest BCUT2D eigenvalue weighted by atomic mass is 32.1. The van der Waals surface area contributed by atoms with Crippen LogP contribution in [0, 0.1) is 20.8 Å². The van der Waals surface area contributed by atoms with Crippen molar-refractivity contribution in [2.24, 2.45) is 0 Å². The molecule has 0 bridgehead atoms. The average molecular weight is 464 g/mol.